The number of carbonyl (C=O) groups is 1. The van der Waals surface area contributed by atoms with Crippen LogP contribution >= 0.6 is 0 Å². The molecule has 0 spiro atoms. The van der Waals surface area contributed by atoms with E-state index >= 15 is 0 Å². The van der Waals surface area contributed by atoms with Crippen LogP contribution in [0.25, 0.3) is 0 Å². The second-order valence-corrected chi connectivity index (χ2v) is 5.85. The highest BCUT2D eigenvalue weighted by Gasteiger charge is 2.21. The molecule has 0 aromatic heterocycles. The standard InChI is InChI=1S/C16H23N3O4/c1-11(17-12-6-4-3-5-7-12)16(20)18-14-10-13(19(21)22)8-9-15(14)23-2/h8-12,17H,3-7H2,1-2H3,(H,18,20)/t11-/m0/s1. The monoisotopic (exact) mass is 321 g/mol. The average Bonchev–Trinajstić information content (AvgIpc) is 2.55. The summed E-state index contributed by atoms with van der Waals surface area (Å²) in [5.74, 6) is 0.170. The Morgan fingerprint density at radius 2 is 2.04 bits per heavy atom. The second kappa shape index (κ2) is 7.92. The van der Waals surface area contributed by atoms with Crippen molar-refractivity contribution in [1.82, 2.24) is 5.32 Å². The average molecular weight is 321 g/mol. The number of nitro benzene ring substituents is 1. The molecule has 2 rings (SSSR count). The lowest BCUT2D eigenvalue weighted by Gasteiger charge is -2.26. The Labute approximate surface area is 135 Å². The molecule has 0 heterocycles. The van der Waals surface area contributed by atoms with Gasteiger partial charge in [-0.05, 0) is 25.8 Å². The zero-order chi connectivity index (χ0) is 16.8. The third kappa shape index (κ3) is 4.66. The number of carbonyl (C=O) groups excluding carboxylic acids is 1. The molecule has 0 unspecified atom stereocenters. The molecular formula is C16H23N3O4. The van der Waals surface area contributed by atoms with Crippen LogP contribution in [0.1, 0.15) is 39.0 Å². The van der Waals surface area contributed by atoms with Crippen molar-refractivity contribution in [2.45, 2.75) is 51.1 Å². The van der Waals surface area contributed by atoms with Gasteiger partial charge in [-0.2, -0.15) is 0 Å². The van der Waals surface area contributed by atoms with E-state index in [9.17, 15) is 14.9 Å². The first-order valence-electron chi connectivity index (χ1n) is 7.90. The van der Waals surface area contributed by atoms with E-state index in [0.29, 0.717) is 17.5 Å². The maximum Gasteiger partial charge on any atom is 0.271 e. The number of hydrogen-bond acceptors (Lipinski definition) is 5. The molecule has 1 fully saturated rings. The van der Waals surface area contributed by atoms with E-state index in [2.05, 4.69) is 10.6 Å². The van der Waals surface area contributed by atoms with Gasteiger partial charge in [-0.25, -0.2) is 0 Å². The summed E-state index contributed by atoms with van der Waals surface area (Å²) in [6, 6.07) is 4.12. The van der Waals surface area contributed by atoms with Gasteiger partial charge in [0.2, 0.25) is 5.91 Å². The number of ether oxygens (including phenoxy) is 1. The lowest BCUT2D eigenvalue weighted by atomic mass is 9.95. The maximum absolute atomic E-state index is 12.3. The van der Waals surface area contributed by atoms with Crippen molar-refractivity contribution in [3.05, 3.63) is 28.3 Å². The number of amides is 1. The van der Waals surface area contributed by atoms with Crippen molar-refractivity contribution in [2.75, 3.05) is 12.4 Å². The molecule has 1 aliphatic carbocycles. The minimum Gasteiger partial charge on any atom is -0.495 e. The number of benzene rings is 1. The van der Waals surface area contributed by atoms with Crippen LogP contribution in [0, 0.1) is 10.1 Å². The molecule has 1 amide bonds. The molecule has 126 valence electrons. The van der Waals surface area contributed by atoms with E-state index in [-0.39, 0.29) is 17.6 Å². The predicted octanol–water partition coefficient (Wildman–Crippen LogP) is 2.85. The lowest BCUT2D eigenvalue weighted by Crippen LogP contribution is -2.44. The number of methoxy groups -OCH3 is 1. The van der Waals surface area contributed by atoms with Gasteiger partial charge in [0.15, 0.2) is 0 Å². The molecule has 7 nitrogen and oxygen atoms in total. The van der Waals surface area contributed by atoms with E-state index in [0.717, 1.165) is 12.8 Å². The van der Waals surface area contributed by atoms with E-state index in [1.165, 1.54) is 44.6 Å². The first-order chi connectivity index (χ1) is 11.0. The molecule has 1 aromatic carbocycles. The van der Waals surface area contributed by atoms with Crippen LogP contribution < -0.4 is 15.4 Å². The highest BCUT2D eigenvalue weighted by molar-refractivity contribution is 5.96. The quantitative estimate of drug-likeness (QED) is 0.620. The number of rotatable bonds is 6. The Balaban J connectivity index is 2.03. The van der Waals surface area contributed by atoms with Gasteiger partial charge < -0.3 is 15.4 Å². The minimum absolute atomic E-state index is 0.0889. The summed E-state index contributed by atoms with van der Waals surface area (Å²) in [6.45, 7) is 1.80. The van der Waals surface area contributed by atoms with Gasteiger partial charge in [0.05, 0.1) is 23.8 Å². The van der Waals surface area contributed by atoms with Crippen LogP contribution in [0.3, 0.4) is 0 Å². The number of anilines is 1. The highest BCUT2D eigenvalue weighted by atomic mass is 16.6. The van der Waals surface area contributed by atoms with Crippen LogP contribution in [0.15, 0.2) is 18.2 Å². The van der Waals surface area contributed by atoms with Crippen molar-refractivity contribution < 1.29 is 14.5 Å². The zero-order valence-corrected chi connectivity index (χ0v) is 13.5. The predicted molar refractivity (Wildman–Crippen MR) is 87.7 cm³/mol. The molecule has 1 aromatic rings. The normalized spacial score (nSPS) is 16.6. The first kappa shape index (κ1) is 17.2. The maximum atomic E-state index is 12.3. The van der Waals surface area contributed by atoms with Crippen LogP contribution in [0.5, 0.6) is 5.75 Å². The summed E-state index contributed by atoms with van der Waals surface area (Å²) in [5, 5.41) is 16.9. The van der Waals surface area contributed by atoms with E-state index in [4.69, 9.17) is 4.74 Å². The van der Waals surface area contributed by atoms with Gasteiger partial charge in [0.25, 0.3) is 5.69 Å². The van der Waals surface area contributed by atoms with Gasteiger partial charge in [-0.15, -0.1) is 0 Å². The van der Waals surface area contributed by atoms with Crippen molar-refractivity contribution in [2.24, 2.45) is 0 Å². The highest BCUT2D eigenvalue weighted by Crippen LogP contribution is 2.29. The SMILES string of the molecule is COc1ccc([N+](=O)[O-])cc1NC(=O)[C@H](C)NC1CCCCC1. The molecule has 0 aliphatic heterocycles. The lowest BCUT2D eigenvalue weighted by molar-refractivity contribution is -0.384. The van der Waals surface area contributed by atoms with Crippen molar-refractivity contribution in [3.63, 3.8) is 0 Å². The second-order valence-electron chi connectivity index (χ2n) is 5.85. The van der Waals surface area contributed by atoms with E-state index in [1.807, 2.05) is 0 Å². The fourth-order valence-electron chi connectivity index (χ4n) is 2.85. The summed E-state index contributed by atoms with van der Waals surface area (Å²) in [4.78, 5) is 22.7. The van der Waals surface area contributed by atoms with Crippen molar-refractivity contribution in [3.8, 4) is 5.75 Å². The summed E-state index contributed by atoms with van der Waals surface area (Å²) < 4.78 is 5.15. The number of hydrogen-bond donors (Lipinski definition) is 2. The van der Waals surface area contributed by atoms with Crippen molar-refractivity contribution >= 4 is 17.3 Å². The number of nitrogens with zero attached hydrogens (tertiary/aromatic N) is 1. The molecule has 1 saturated carbocycles. The Morgan fingerprint density at radius 3 is 2.65 bits per heavy atom. The topological polar surface area (TPSA) is 93.5 Å². The Morgan fingerprint density at radius 1 is 1.35 bits per heavy atom. The Kier molecular flexibility index (Phi) is 5.92. The van der Waals surface area contributed by atoms with Crippen LogP contribution in [0.2, 0.25) is 0 Å². The summed E-state index contributed by atoms with van der Waals surface area (Å²) in [7, 11) is 1.46. The molecule has 0 radical (unpaired) electrons. The fraction of sp³-hybridized carbons (Fsp3) is 0.562. The first-order valence-corrected chi connectivity index (χ1v) is 7.90. The largest absolute Gasteiger partial charge is 0.495 e. The van der Waals surface area contributed by atoms with Gasteiger partial charge in [-0.3, -0.25) is 14.9 Å². The van der Waals surface area contributed by atoms with Crippen LogP contribution in [0.4, 0.5) is 11.4 Å². The molecule has 23 heavy (non-hydrogen) atoms. The van der Waals surface area contributed by atoms with Crippen molar-refractivity contribution in [1.29, 1.82) is 0 Å². The zero-order valence-electron chi connectivity index (χ0n) is 13.5. The smallest absolute Gasteiger partial charge is 0.271 e. The number of non-ortho nitro benzene ring substituents is 1. The Hall–Kier alpha value is -2.15. The molecule has 0 bridgehead atoms. The molecule has 1 atom stereocenters. The minimum atomic E-state index is -0.501. The molecule has 0 saturated heterocycles. The molecule has 7 heteroatoms. The summed E-state index contributed by atoms with van der Waals surface area (Å²) in [5.41, 5.74) is 0.220. The summed E-state index contributed by atoms with van der Waals surface area (Å²) in [6.07, 6.45) is 5.79. The molecule has 2 N–H and O–H groups in total. The van der Waals surface area contributed by atoms with Crippen LogP contribution in [-0.2, 0) is 4.79 Å². The van der Waals surface area contributed by atoms with Gasteiger partial charge >= 0.3 is 0 Å². The third-order valence-corrected chi connectivity index (χ3v) is 4.14. The molecular weight excluding hydrogens is 298 g/mol. The fourth-order valence-corrected chi connectivity index (χ4v) is 2.85. The van der Waals surface area contributed by atoms with E-state index < -0.39 is 4.92 Å². The third-order valence-electron chi connectivity index (χ3n) is 4.14. The van der Waals surface area contributed by atoms with Gasteiger partial charge in [0, 0.05) is 18.2 Å². The molecule has 1 aliphatic rings. The van der Waals surface area contributed by atoms with Crippen LogP contribution in [-0.4, -0.2) is 30.0 Å². The summed E-state index contributed by atoms with van der Waals surface area (Å²) >= 11 is 0. The van der Waals surface area contributed by atoms with Gasteiger partial charge in [0.1, 0.15) is 5.75 Å². The number of nitro groups is 1. The Bertz CT molecular complexity index is 570. The van der Waals surface area contributed by atoms with Gasteiger partial charge in [-0.1, -0.05) is 19.3 Å². The van der Waals surface area contributed by atoms with E-state index in [1.54, 1.807) is 6.92 Å². The number of nitrogens with one attached hydrogen (secondary N) is 2.